The molecule has 0 spiro atoms. The van der Waals surface area contributed by atoms with Crippen LogP contribution in [-0.2, 0) is 12.6 Å². The standard InChI is InChI=1S/C19H22FN3O2/c1-13-7-8-17(25-13)19(2,24)12-21-18(15-10-22-23(3)11-15)14-5-4-6-16(20)9-14/h4-11,18,21,24H,12H2,1-3H3. The van der Waals surface area contributed by atoms with E-state index in [-0.39, 0.29) is 18.4 Å². The average Bonchev–Trinajstić information content (AvgIpc) is 3.17. The number of benzene rings is 1. The Labute approximate surface area is 146 Å². The molecule has 0 aliphatic carbocycles. The van der Waals surface area contributed by atoms with Gasteiger partial charge in [-0.05, 0) is 43.7 Å². The number of nitrogens with zero attached hydrogens (tertiary/aromatic N) is 2. The number of rotatable bonds is 6. The van der Waals surface area contributed by atoms with Crippen molar-refractivity contribution < 1.29 is 13.9 Å². The fraction of sp³-hybridized carbons (Fsp3) is 0.316. The van der Waals surface area contributed by atoms with Gasteiger partial charge in [0.05, 0.1) is 12.2 Å². The van der Waals surface area contributed by atoms with Gasteiger partial charge in [0.1, 0.15) is 22.9 Å². The van der Waals surface area contributed by atoms with Crippen molar-refractivity contribution in [3.8, 4) is 0 Å². The summed E-state index contributed by atoms with van der Waals surface area (Å²) in [6.45, 7) is 3.75. The fourth-order valence-electron chi connectivity index (χ4n) is 2.82. The summed E-state index contributed by atoms with van der Waals surface area (Å²) in [4.78, 5) is 0. The molecule has 25 heavy (non-hydrogen) atoms. The molecule has 0 aliphatic heterocycles. The summed E-state index contributed by atoms with van der Waals surface area (Å²) in [5.74, 6) is 0.924. The van der Waals surface area contributed by atoms with Crippen molar-refractivity contribution in [2.45, 2.75) is 25.5 Å². The Kier molecular flexibility index (Phi) is 4.74. The van der Waals surface area contributed by atoms with Crippen molar-refractivity contribution in [2.75, 3.05) is 6.54 Å². The number of hydrogen-bond acceptors (Lipinski definition) is 4. The monoisotopic (exact) mass is 343 g/mol. The molecule has 5 nitrogen and oxygen atoms in total. The van der Waals surface area contributed by atoms with Crippen molar-refractivity contribution in [2.24, 2.45) is 7.05 Å². The minimum Gasteiger partial charge on any atom is -0.463 e. The number of aryl methyl sites for hydroxylation is 2. The lowest BCUT2D eigenvalue weighted by Gasteiger charge is -2.26. The second-order valence-corrected chi connectivity index (χ2v) is 6.50. The van der Waals surface area contributed by atoms with Crippen molar-refractivity contribution >= 4 is 0 Å². The van der Waals surface area contributed by atoms with Crippen molar-refractivity contribution in [1.29, 1.82) is 0 Å². The molecule has 0 bridgehead atoms. The van der Waals surface area contributed by atoms with Gasteiger partial charge in [-0.2, -0.15) is 5.10 Å². The molecule has 0 saturated heterocycles. The molecule has 2 aromatic heterocycles. The predicted octanol–water partition coefficient (Wildman–Crippen LogP) is 3.05. The zero-order chi connectivity index (χ0) is 18.0. The first-order chi connectivity index (χ1) is 11.8. The molecule has 2 atom stereocenters. The van der Waals surface area contributed by atoms with Crippen LogP contribution in [0.1, 0.15) is 35.6 Å². The van der Waals surface area contributed by atoms with E-state index in [1.54, 1.807) is 29.9 Å². The van der Waals surface area contributed by atoms with E-state index in [1.807, 2.05) is 32.3 Å². The maximum atomic E-state index is 13.7. The molecule has 2 unspecified atom stereocenters. The van der Waals surface area contributed by atoms with Gasteiger partial charge in [-0.15, -0.1) is 0 Å². The number of hydrogen-bond donors (Lipinski definition) is 2. The number of aromatic nitrogens is 2. The van der Waals surface area contributed by atoms with Crippen molar-refractivity contribution in [1.82, 2.24) is 15.1 Å². The van der Waals surface area contributed by atoms with Crippen LogP contribution in [0, 0.1) is 12.7 Å². The van der Waals surface area contributed by atoms with Crippen LogP contribution in [0.15, 0.2) is 53.2 Å². The van der Waals surface area contributed by atoms with Gasteiger partial charge in [0.25, 0.3) is 0 Å². The van der Waals surface area contributed by atoms with E-state index in [9.17, 15) is 9.50 Å². The van der Waals surface area contributed by atoms with Gasteiger partial charge in [0.2, 0.25) is 0 Å². The molecule has 3 rings (SSSR count). The van der Waals surface area contributed by atoms with Gasteiger partial charge >= 0.3 is 0 Å². The van der Waals surface area contributed by atoms with Crippen LogP contribution >= 0.6 is 0 Å². The molecule has 6 heteroatoms. The predicted molar refractivity (Wildman–Crippen MR) is 92.5 cm³/mol. The van der Waals surface area contributed by atoms with Gasteiger partial charge < -0.3 is 14.8 Å². The third-order valence-electron chi connectivity index (χ3n) is 4.16. The van der Waals surface area contributed by atoms with Crippen molar-refractivity contribution in [3.63, 3.8) is 0 Å². The average molecular weight is 343 g/mol. The lowest BCUT2D eigenvalue weighted by Crippen LogP contribution is -2.37. The molecule has 2 heterocycles. The highest BCUT2D eigenvalue weighted by molar-refractivity contribution is 5.30. The molecule has 0 fully saturated rings. The Bertz CT molecular complexity index is 854. The van der Waals surface area contributed by atoms with Gasteiger partial charge in [0, 0.05) is 25.4 Å². The van der Waals surface area contributed by atoms with Crippen LogP contribution in [0.25, 0.3) is 0 Å². The second kappa shape index (κ2) is 6.82. The van der Waals surface area contributed by atoms with E-state index in [0.29, 0.717) is 5.76 Å². The van der Waals surface area contributed by atoms with Crippen LogP contribution in [0.2, 0.25) is 0 Å². The highest BCUT2D eigenvalue weighted by Gasteiger charge is 2.28. The SMILES string of the molecule is Cc1ccc(C(C)(O)CNC(c2cccc(F)c2)c2cnn(C)c2)o1. The van der Waals surface area contributed by atoms with Gasteiger partial charge in [-0.1, -0.05) is 12.1 Å². The topological polar surface area (TPSA) is 63.2 Å². The molecule has 3 aromatic rings. The van der Waals surface area contributed by atoms with Crippen LogP contribution in [0.3, 0.4) is 0 Å². The largest absolute Gasteiger partial charge is 0.463 e. The Balaban J connectivity index is 1.85. The third-order valence-corrected chi connectivity index (χ3v) is 4.16. The van der Waals surface area contributed by atoms with E-state index < -0.39 is 5.60 Å². The highest BCUT2D eigenvalue weighted by Crippen LogP contribution is 2.26. The van der Waals surface area contributed by atoms with E-state index in [4.69, 9.17) is 4.42 Å². The Morgan fingerprint density at radius 2 is 2.12 bits per heavy atom. The van der Waals surface area contributed by atoms with Gasteiger partial charge in [-0.25, -0.2) is 4.39 Å². The summed E-state index contributed by atoms with van der Waals surface area (Å²) in [6, 6.07) is 9.69. The molecule has 0 amide bonds. The van der Waals surface area contributed by atoms with Crippen LogP contribution < -0.4 is 5.32 Å². The smallest absolute Gasteiger partial charge is 0.136 e. The molecule has 0 aliphatic rings. The molecule has 1 aromatic carbocycles. The maximum absolute atomic E-state index is 13.7. The zero-order valence-corrected chi connectivity index (χ0v) is 14.5. The Hall–Kier alpha value is -2.44. The summed E-state index contributed by atoms with van der Waals surface area (Å²) < 4.78 is 20.9. The molecular formula is C19H22FN3O2. The lowest BCUT2D eigenvalue weighted by atomic mass is 9.98. The molecule has 0 radical (unpaired) electrons. The molecular weight excluding hydrogens is 321 g/mol. The normalized spacial score (nSPS) is 15.1. The fourth-order valence-corrected chi connectivity index (χ4v) is 2.82. The minimum absolute atomic E-state index is 0.232. The minimum atomic E-state index is -1.19. The first-order valence-electron chi connectivity index (χ1n) is 8.12. The number of halogens is 1. The first kappa shape index (κ1) is 17.4. The Morgan fingerprint density at radius 1 is 1.32 bits per heavy atom. The third kappa shape index (κ3) is 3.97. The van der Waals surface area contributed by atoms with Crippen LogP contribution in [-0.4, -0.2) is 21.4 Å². The van der Waals surface area contributed by atoms with E-state index in [2.05, 4.69) is 10.4 Å². The number of nitrogens with one attached hydrogen (secondary N) is 1. The number of furan rings is 1. The lowest BCUT2D eigenvalue weighted by molar-refractivity contribution is 0.0318. The molecule has 2 N–H and O–H groups in total. The summed E-state index contributed by atoms with van der Waals surface area (Å²) in [7, 11) is 1.83. The zero-order valence-electron chi connectivity index (χ0n) is 14.5. The summed E-state index contributed by atoms with van der Waals surface area (Å²) in [5.41, 5.74) is 0.459. The van der Waals surface area contributed by atoms with E-state index >= 15 is 0 Å². The highest BCUT2D eigenvalue weighted by atomic mass is 19.1. The summed E-state index contributed by atoms with van der Waals surface area (Å²) >= 11 is 0. The number of aliphatic hydroxyl groups is 1. The van der Waals surface area contributed by atoms with Gasteiger partial charge in [-0.3, -0.25) is 4.68 Å². The quantitative estimate of drug-likeness (QED) is 0.722. The van der Waals surface area contributed by atoms with Crippen molar-refractivity contribution in [3.05, 3.63) is 77.3 Å². The second-order valence-electron chi connectivity index (χ2n) is 6.50. The van der Waals surface area contributed by atoms with Crippen LogP contribution in [0.5, 0.6) is 0 Å². The summed E-state index contributed by atoms with van der Waals surface area (Å²) in [6.07, 6.45) is 3.60. The molecule has 132 valence electrons. The molecule has 0 saturated carbocycles. The summed E-state index contributed by atoms with van der Waals surface area (Å²) in [5, 5.41) is 18.3. The first-order valence-corrected chi connectivity index (χ1v) is 8.12. The van der Waals surface area contributed by atoms with E-state index in [0.717, 1.165) is 16.9 Å². The van der Waals surface area contributed by atoms with E-state index in [1.165, 1.54) is 12.1 Å². The van der Waals surface area contributed by atoms with Gasteiger partial charge in [0.15, 0.2) is 0 Å². The van der Waals surface area contributed by atoms with Crippen LogP contribution in [0.4, 0.5) is 4.39 Å². The Morgan fingerprint density at radius 3 is 2.72 bits per heavy atom. The maximum Gasteiger partial charge on any atom is 0.136 e.